The van der Waals surface area contributed by atoms with Gasteiger partial charge in [0.2, 0.25) is 0 Å². The number of nitrogens with zero attached hydrogens (tertiary/aromatic N) is 1. The molecule has 0 saturated carbocycles. The highest BCUT2D eigenvalue weighted by molar-refractivity contribution is 7.18. The van der Waals surface area contributed by atoms with Crippen LogP contribution in [0.25, 0.3) is 5.70 Å². The third-order valence-electron chi connectivity index (χ3n) is 3.22. The Morgan fingerprint density at radius 3 is 2.25 bits per heavy atom. The van der Waals surface area contributed by atoms with Crippen molar-refractivity contribution in [2.45, 2.75) is 32.9 Å². The maximum absolute atomic E-state index is 13.2. The average molecular weight is 297 g/mol. The summed E-state index contributed by atoms with van der Waals surface area (Å²) in [5, 5.41) is 0. The Labute approximate surface area is 122 Å². The lowest BCUT2D eigenvalue weighted by Crippen LogP contribution is -2.15. The third-order valence-corrected chi connectivity index (χ3v) is 3.68. The molecule has 1 aromatic rings. The third kappa shape index (κ3) is 4.42. The van der Waals surface area contributed by atoms with Crippen LogP contribution in [0.5, 0.6) is 0 Å². The molecule has 0 heterocycles. The second kappa shape index (κ2) is 6.99. The predicted octanol–water partition coefficient (Wildman–Crippen LogP) is 4.91. The molecule has 0 aliphatic heterocycles. The zero-order chi connectivity index (χ0) is 15.3. The maximum Gasteiger partial charge on any atom is 0.281 e. The molecule has 110 valence electrons. The van der Waals surface area contributed by atoms with E-state index in [1.54, 1.807) is 21.2 Å². The lowest BCUT2D eigenvalue weighted by atomic mass is 10.1. The molecule has 0 radical (unpaired) electrons. The van der Waals surface area contributed by atoms with Crippen LogP contribution in [0, 0.1) is 0 Å². The van der Waals surface area contributed by atoms with Gasteiger partial charge < -0.3 is 4.90 Å². The van der Waals surface area contributed by atoms with Crippen molar-refractivity contribution in [2.75, 3.05) is 7.05 Å². The van der Waals surface area contributed by atoms with Crippen molar-refractivity contribution in [1.29, 1.82) is 0 Å². The Bertz CT molecular complexity index is 498. The van der Waals surface area contributed by atoms with Crippen molar-refractivity contribution < 1.29 is 8.78 Å². The van der Waals surface area contributed by atoms with Gasteiger partial charge in [0, 0.05) is 24.5 Å². The highest BCUT2D eigenvalue weighted by Crippen LogP contribution is 2.31. The summed E-state index contributed by atoms with van der Waals surface area (Å²) in [4.78, 5) is 1.73. The van der Waals surface area contributed by atoms with Crippen LogP contribution in [0.15, 0.2) is 42.1 Å². The molecule has 1 aromatic carbocycles. The lowest BCUT2D eigenvalue weighted by Gasteiger charge is -2.22. The number of benzene rings is 1. The van der Waals surface area contributed by atoms with E-state index in [4.69, 9.17) is 0 Å². The van der Waals surface area contributed by atoms with Crippen LogP contribution < -0.4 is 0 Å². The predicted molar refractivity (Wildman–Crippen MR) is 85.6 cm³/mol. The monoisotopic (exact) mass is 297 g/mol. The summed E-state index contributed by atoms with van der Waals surface area (Å²) in [6, 6.07) is 8.17. The summed E-state index contributed by atoms with van der Waals surface area (Å²) < 4.78 is 26.4. The fourth-order valence-electron chi connectivity index (χ4n) is 1.93. The molecule has 1 nitrogen and oxygen atoms in total. The number of alkyl halides is 2. The van der Waals surface area contributed by atoms with Gasteiger partial charge in [-0.1, -0.05) is 46.5 Å². The Kier molecular flexibility index (Phi) is 5.88. The first-order chi connectivity index (χ1) is 9.29. The molecule has 4 heteroatoms. The minimum atomic E-state index is -2.88. The molecule has 0 aromatic heterocycles. The van der Waals surface area contributed by atoms with E-state index in [1.165, 1.54) is 18.7 Å². The molecule has 1 unspecified atom stereocenters. The van der Waals surface area contributed by atoms with Gasteiger partial charge in [-0.15, -0.1) is 0 Å². The standard InChI is InChI=1S/C16H22F2NP/c1-5-13-7-9-14(10-8-13)15(6-2)19(4)11-12(3)16(17,18)20/h6-11H,5,20H2,1-4H3/b12-11+,15-6-. The molecular formula is C16H22F2NP. The van der Waals surface area contributed by atoms with Crippen LogP contribution in [-0.2, 0) is 6.42 Å². The van der Waals surface area contributed by atoms with Crippen molar-refractivity contribution in [1.82, 2.24) is 4.90 Å². The Morgan fingerprint density at radius 1 is 1.30 bits per heavy atom. The SMILES string of the molecule is C/C=C(/c1ccc(CC)cc1)N(C)/C=C(\C)C(F)(F)P. The van der Waals surface area contributed by atoms with Crippen molar-refractivity contribution >= 4 is 14.9 Å². The molecule has 1 rings (SSSR count). The van der Waals surface area contributed by atoms with Gasteiger partial charge in [0.05, 0.1) is 0 Å². The van der Waals surface area contributed by atoms with E-state index in [2.05, 4.69) is 19.1 Å². The second-order valence-electron chi connectivity index (χ2n) is 4.77. The molecule has 0 aliphatic rings. The summed E-state index contributed by atoms with van der Waals surface area (Å²) in [7, 11) is 3.34. The normalized spacial score (nSPS) is 13.6. The van der Waals surface area contributed by atoms with E-state index < -0.39 is 5.66 Å². The molecule has 0 spiro atoms. The molecule has 0 fully saturated rings. The van der Waals surface area contributed by atoms with Crippen molar-refractivity contribution in [3.8, 4) is 0 Å². The van der Waals surface area contributed by atoms with Crippen LogP contribution in [-0.4, -0.2) is 17.6 Å². The van der Waals surface area contributed by atoms with Gasteiger partial charge in [-0.25, -0.2) is 0 Å². The minimum Gasteiger partial charge on any atom is -0.351 e. The van der Waals surface area contributed by atoms with Gasteiger partial charge in [0.15, 0.2) is 0 Å². The van der Waals surface area contributed by atoms with Crippen molar-refractivity contribution in [2.24, 2.45) is 0 Å². The Morgan fingerprint density at radius 2 is 1.85 bits per heavy atom. The first-order valence-electron chi connectivity index (χ1n) is 6.63. The van der Waals surface area contributed by atoms with Gasteiger partial charge in [-0.05, 0) is 31.4 Å². The fourth-order valence-corrected chi connectivity index (χ4v) is 2.01. The van der Waals surface area contributed by atoms with Crippen LogP contribution in [0.3, 0.4) is 0 Å². The number of hydrogen-bond donors (Lipinski definition) is 0. The molecule has 0 amide bonds. The number of aryl methyl sites for hydroxylation is 1. The maximum atomic E-state index is 13.2. The zero-order valence-electron chi connectivity index (χ0n) is 12.5. The molecule has 0 aliphatic carbocycles. The van der Waals surface area contributed by atoms with Gasteiger partial charge in [-0.2, -0.15) is 8.78 Å². The fraction of sp³-hybridized carbons (Fsp3) is 0.375. The molecule has 0 bridgehead atoms. The smallest absolute Gasteiger partial charge is 0.281 e. The largest absolute Gasteiger partial charge is 0.351 e. The number of halogens is 2. The highest BCUT2D eigenvalue weighted by atomic mass is 31.0. The lowest BCUT2D eigenvalue weighted by molar-refractivity contribution is 0.145. The summed E-state index contributed by atoms with van der Waals surface area (Å²) in [6.07, 6.45) is 4.38. The topological polar surface area (TPSA) is 3.24 Å². The molecule has 1 atom stereocenters. The van der Waals surface area contributed by atoms with E-state index >= 15 is 0 Å². The van der Waals surface area contributed by atoms with Crippen LogP contribution in [0.1, 0.15) is 31.9 Å². The quantitative estimate of drug-likeness (QED) is 0.698. The number of hydrogen-bond acceptors (Lipinski definition) is 1. The minimum absolute atomic E-state index is 0.00882. The first-order valence-corrected chi connectivity index (χ1v) is 7.21. The average Bonchev–Trinajstić information content (AvgIpc) is 2.39. The number of rotatable bonds is 5. The van der Waals surface area contributed by atoms with E-state index in [-0.39, 0.29) is 5.57 Å². The molecule has 0 saturated heterocycles. The van der Waals surface area contributed by atoms with Crippen molar-refractivity contribution in [3.05, 3.63) is 53.2 Å². The molecule has 0 N–H and O–H groups in total. The van der Waals surface area contributed by atoms with Gasteiger partial charge >= 0.3 is 0 Å². The van der Waals surface area contributed by atoms with Gasteiger partial charge in [0.25, 0.3) is 5.66 Å². The zero-order valence-corrected chi connectivity index (χ0v) is 13.6. The van der Waals surface area contributed by atoms with Crippen LogP contribution in [0.4, 0.5) is 8.78 Å². The van der Waals surface area contributed by atoms with Crippen LogP contribution >= 0.6 is 9.24 Å². The summed E-state index contributed by atoms with van der Waals surface area (Å²) in [5.74, 6) is 0. The van der Waals surface area contributed by atoms with Gasteiger partial charge in [-0.3, -0.25) is 0 Å². The summed E-state index contributed by atoms with van der Waals surface area (Å²) in [5.41, 5.74) is 0.313. The van der Waals surface area contributed by atoms with Crippen LogP contribution in [0.2, 0.25) is 0 Å². The molecular weight excluding hydrogens is 275 g/mol. The van der Waals surface area contributed by atoms with Crippen molar-refractivity contribution in [3.63, 3.8) is 0 Å². The van der Waals surface area contributed by atoms with E-state index in [1.807, 2.05) is 25.1 Å². The number of allylic oxidation sites excluding steroid dienone is 2. The van der Waals surface area contributed by atoms with E-state index in [0.717, 1.165) is 17.7 Å². The summed E-state index contributed by atoms with van der Waals surface area (Å²) in [6.45, 7) is 5.43. The first kappa shape index (κ1) is 16.8. The Balaban J connectivity index is 3.01. The van der Waals surface area contributed by atoms with E-state index in [9.17, 15) is 8.78 Å². The van der Waals surface area contributed by atoms with Gasteiger partial charge in [0.1, 0.15) is 0 Å². The highest BCUT2D eigenvalue weighted by Gasteiger charge is 2.24. The van der Waals surface area contributed by atoms with E-state index in [0.29, 0.717) is 0 Å². The molecule has 20 heavy (non-hydrogen) atoms. The summed E-state index contributed by atoms with van der Waals surface area (Å²) >= 11 is 0. The second-order valence-corrected chi connectivity index (χ2v) is 5.50. The Hall–Kier alpha value is -1.21.